The second kappa shape index (κ2) is 16.8. The molecule has 1 atom stereocenters. The summed E-state index contributed by atoms with van der Waals surface area (Å²) in [5.41, 5.74) is 2.68. The Bertz CT molecular complexity index is 1340. The number of phenolic OH excluding ortho intramolecular Hbond substituents is 1. The molecule has 1 saturated heterocycles. The summed E-state index contributed by atoms with van der Waals surface area (Å²) in [5, 5.41) is 24.7. The maximum absolute atomic E-state index is 13.9. The molecule has 0 bridgehead atoms. The number of thioether (sulfide) groups is 1. The topological polar surface area (TPSA) is 120 Å². The van der Waals surface area contributed by atoms with E-state index in [-0.39, 0.29) is 50.3 Å². The molecule has 10 nitrogen and oxygen atoms in total. The zero-order valence-electron chi connectivity index (χ0n) is 24.4. The van der Waals surface area contributed by atoms with Crippen molar-refractivity contribution in [3.63, 3.8) is 0 Å². The fraction of sp³-hybridized carbons (Fsp3) is 0.312. The molecular formula is C32H38N6O4S. The number of amides is 4. The molecule has 1 aliphatic rings. The summed E-state index contributed by atoms with van der Waals surface area (Å²) in [6.07, 6.45) is 5.56. The number of aromatic hydroxyl groups is 1. The van der Waals surface area contributed by atoms with Crippen molar-refractivity contribution >= 4 is 29.6 Å². The van der Waals surface area contributed by atoms with Crippen LogP contribution in [0.1, 0.15) is 11.1 Å². The van der Waals surface area contributed by atoms with E-state index in [1.54, 1.807) is 48.0 Å². The van der Waals surface area contributed by atoms with Crippen LogP contribution in [0.5, 0.6) is 5.75 Å². The predicted molar refractivity (Wildman–Crippen MR) is 168 cm³/mol. The second-order valence-electron chi connectivity index (χ2n) is 9.91. The van der Waals surface area contributed by atoms with Crippen LogP contribution in [0.25, 0.3) is 0 Å². The molecule has 1 heterocycles. The average Bonchev–Trinajstić information content (AvgIpc) is 3.01. The lowest BCUT2D eigenvalue weighted by atomic mass is 10.0. The van der Waals surface area contributed by atoms with Crippen LogP contribution in [0.3, 0.4) is 0 Å². The number of hydrogen-bond acceptors (Lipinski definition) is 7. The molecule has 4 amide bonds. The van der Waals surface area contributed by atoms with Gasteiger partial charge in [0.15, 0.2) is 0 Å². The van der Waals surface area contributed by atoms with E-state index in [9.17, 15) is 24.8 Å². The SMILES string of the molecule is C=C/C=C(\C=C)CSCCN(C)C(=O)C(Cc1ccc(O)cc1)N1CN(C(=O)NCc2ccccc2)N(CC#N)CC1=O. The van der Waals surface area contributed by atoms with Gasteiger partial charge < -0.3 is 20.2 Å². The van der Waals surface area contributed by atoms with Gasteiger partial charge in [0, 0.05) is 38.1 Å². The van der Waals surface area contributed by atoms with Crippen LogP contribution in [0.2, 0.25) is 0 Å². The van der Waals surface area contributed by atoms with Gasteiger partial charge in [0.25, 0.3) is 0 Å². The predicted octanol–water partition coefficient (Wildman–Crippen LogP) is 3.55. The van der Waals surface area contributed by atoms with Crippen molar-refractivity contribution in [3.05, 3.63) is 103 Å². The van der Waals surface area contributed by atoms with Gasteiger partial charge in [0.05, 0.1) is 12.6 Å². The lowest BCUT2D eigenvalue weighted by molar-refractivity contribution is -0.161. The van der Waals surface area contributed by atoms with Crippen LogP contribution in [0.4, 0.5) is 4.79 Å². The Balaban J connectivity index is 1.79. The molecule has 11 heteroatoms. The van der Waals surface area contributed by atoms with Crippen molar-refractivity contribution in [1.29, 1.82) is 5.26 Å². The van der Waals surface area contributed by atoms with Gasteiger partial charge in [-0.15, -0.1) is 0 Å². The van der Waals surface area contributed by atoms with Crippen LogP contribution >= 0.6 is 11.8 Å². The number of nitrogens with zero attached hydrogens (tertiary/aromatic N) is 5. The van der Waals surface area contributed by atoms with E-state index in [4.69, 9.17) is 0 Å². The molecular weight excluding hydrogens is 564 g/mol. The van der Waals surface area contributed by atoms with E-state index in [2.05, 4.69) is 18.5 Å². The Hall–Kier alpha value is -4.53. The zero-order chi connectivity index (χ0) is 31.2. The fourth-order valence-corrected chi connectivity index (χ4v) is 5.46. The van der Waals surface area contributed by atoms with E-state index in [0.29, 0.717) is 12.3 Å². The van der Waals surface area contributed by atoms with Gasteiger partial charge in [0.1, 0.15) is 25.0 Å². The molecule has 0 saturated carbocycles. The summed E-state index contributed by atoms with van der Waals surface area (Å²) in [6, 6.07) is 16.5. The van der Waals surface area contributed by atoms with E-state index < -0.39 is 12.1 Å². The largest absolute Gasteiger partial charge is 0.508 e. The second-order valence-corrected chi connectivity index (χ2v) is 11.0. The van der Waals surface area contributed by atoms with Crippen LogP contribution < -0.4 is 5.32 Å². The molecule has 43 heavy (non-hydrogen) atoms. The summed E-state index contributed by atoms with van der Waals surface area (Å²) >= 11 is 1.65. The number of carbonyl (C=O) groups excluding carboxylic acids is 3. The molecule has 2 aromatic rings. The molecule has 226 valence electrons. The standard InChI is InChI=1S/C32H38N6O4S/c1-4-9-25(5-2)23-43-19-18-35(3)31(41)29(20-26-12-14-28(39)15-13-26)37-24-38(36(17-16-33)22-30(37)40)32(42)34-21-27-10-7-6-8-11-27/h4-15,29,39H,1-2,17-24H2,3H3,(H,34,42)/b25-9+. The first-order valence-corrected chi connectivity index (χ1v) is 15.0. The Morgan fingerprint density at radius 2 is 1.88 bits per heavy atom. The van der Waals surface area contributed by atoms with Crippen LogP contribution in [-0.2, 0) is 22.6 Å². The Morgan fingerprint density at radius 3 is 2.53 bits per heavy atom. The highest BCUT2D eigenvalue weighted by Gasteiger charge is 2.40. The number of nitrogens with one attached hydrogen (secondary N) is 1. The van der Waals surface area contributed by atoms with E-state index >= 15 is 0 Å². The van der Waals surface area contributed by atoms with E-state index in [0.717, 1.165) is 22.5 Å². The molecule has 0 spiro atoms. The molecule has 2 N–H and O–H groups in total. The molecule has 0 aliphatic carbocycles. The van der Waals surface area contributed by atoms with Gasteiger partial charge in [-0.05, 0) is 28.8 Å². The number of hydrazine groups is 1. The van der Waals surface area contributed by atoms with Crippen molar-refractivity contribution in [2.24, 2.45) is 0 Å². The smallest absolute Gasteiger partial charge is 0.333 e. The number of likely N-dealkylation sites (N-methyl/N-ethyl adjacent to an activating group) is 1. The highest BCUT2D eigenvalue weighted by atomic mass is 32.2. The van der Waals surface area contributed by atoms with Crippen LogP contribution in [-0.4, -0.2) is 93.7 Å². The molecule has 1 aliphatic heterocycles. The Kier molecular flexibility index (Phi) is 12.9. The Morgan fingerprint density at radius 1 is 1.16 bits per heavy atom. The third kappa shape index (κ3) is 9.77. The summed E-state index contributed by atoms with van der Waals surface area (Å²) < 4.78 is 0. The minimum absolute atomic E-state index is 0.0904. The number of urea groups is 1. The minimum atomic E-state index is -0.912. The summed E-state index contributed by atoms with van der Waals surface area (Å²) in [7, 11) is 1.70. The van der Waals surface area contributed by atoms with Crippen LogP contribution in [0, 0.1) is 11.3 Å². The van der Waals surface area contributed by atoms with E-state index in [1.165, 1.54) is 27.1 Å². The molecule has 1 fully saturated rings. The molecule has 2 aromatic carbocycles. The first kappa shape index (κ1) is 33.0. The van der Waals surface area contributed by atoms with Crippen molar-refractivity contribution in [2.75, 3.05) is 44.9 Å². The lowest BCUT2D eigenvalue weighted by Gasteiger charge is -2.45. The number of nitriles is 1. The highest BCUT2D eigenvalue weighted by molar-refractivity contribution is 7.99. The van der Waals surface area contributed by atoms with Gasteiger partial charge in [-0.1, -0.05) is 73.9 Å². The summed E-state index contributed by atoms with van der Waals surface area (Å²) in [6.45, 7) is 7.63. The van der Waals surface area contributed by atoms with Crippen molar-refractivity contribution in [1.82, 2.24) is 25.1 Å². The third-order valence-electron chi connectivity index (χ3n) is 6.88. The summed E-state index contributed by atoms with van der Waals surface area (Å²) in [5.74, 6) is 0.834. The van der Waals surface area contributed by atoms with Gasteiger partial charge in [-0.3, -0.25) is 9.59 Å². The van der Waals surface area contributed by atoms with Crippen molar-refractivity contribution in [2.45, 2.75) is 19.0 Å². The normalized spacial score (nSPS) is 14.5. The fourth-order valence-electron chi connectivity index (χ4n) is 4.47. The molecule has 0 aromatic heterocycles. The third-order valence-corrected chi connectivity index (χ3v) is 7.89. The number of carbonyl (C=O) groups is 3. The van der Waals surface area contributed by atoms with Gasteiger partial charge in [0.2, 0.25) is 11.8 Å². The number of rotatable bonds is 14. The number of phenols is 1. The zero-order valence-corrected chi connectivity index (χ0v) is 25.2. The monoisotopic (exact) mass is 602 g/mol. The van der Waals surface area contributed by atoms with Crippen molar-refractivity contribution in [3.8, 4) is 11.8 Å². The maximum atomic E-state index is 13.9. The molecule has 0 radical (unpaired) electrons. The minimum Gasteiger partial charge on any atom is -0.508 e. The van der Waals surface area contributed by atoms with Crippen LogP contribution in [0.15, 0.2) is 91.6 Å². The molecule has 3 rings (SSSR count). The highest BCUT2D eigenvalue weighted by Crippen LogP contribution is 2.20. The van der Waals surface area contributed by atoms with Gasteiger partial charge >= 0.3 is 6.03 Å². The number of allylic oxidation sites excluding steroid dienone is 3. The van der Waals surface area contributed by atoms with Gasteiger partial charge in [-0.2, -0.15) is 22.0 Å². The number of hydrogen-bond donors (Lipinski definition) is 2. The number of benzene rings is 2. The molecule has 1 unspecified atom stereocenters. The summed E-state index contributed by atoms with van der Waals surface area (Å²) in [4.78, 5) is 43.6. The first-order valence-electron chi connectivity index (χ1n) is 13.8. The quantitative estimate of drug-likeness (QED) is 0.193. The Labute approximate surface area is 257 Å². The van der Waals surface area contributed by atoms with E-state index in [1.807, 2.05) is 42.5 Å². The lowest BCUT2D eigenvalue weighted by Crippen LogP contribution is -2.66. The van der Waals surface area contributed by atoms with Crippen molar-refractivity contribution < 1.29 is 19.5 Å². The first-order chi connectivity index (χ1) is 20.8. The maximum Gasteiger partial charge on any atom is 0.333 e. The average molecular weight is 603 g/mol. The van der Waals surface area contributed by atoms with Gasteiger partial charge in [-0.25, -0.2) is 9.80 Å².